The number of anilines is 3. The average molecular weight is 414 g/mol. The van der Waals surface area contributed by atoms with Gasteiger partial charge in [-0.1, -0.05) is 11.6 Å². The van der Waals surface area contributed by atoms with E-state index in [1.54, 1.807) is 6.07 Å². The summed E-state index contributed by atoms with van der Waals surface area (Å²) in [6, 6.07) is 4.54. The Balaban J connectivity index is 1.82. The standard InChI is InChI=1S/C15H11ClF3N7O2/c1-21-11(27)7-3-2-6(4-9(7)16)23-14-22-5-8(10(20)24-14)12-25-26-13(28-12)15(17,18)19/h2-5H,1H3,(H,21,27)(H3,20,22,23,24). The number of nitrogens with one attached hydrogen (secondary N) is 2. The third-order valence-electron chi connectivity index (χ3n) is 3.41. The molecule has 0 radical (unpaired) electrons. The summed E-state index contributed by atoms with van der Waals surface area (Å²) in [7, 11) is 1.48. The number of nitrogens with two attached hydrogens (primary N) is 1. The van der Waals surface area contributed by atoms with Crippen molar-refractivity contribution in [3.8, 4) is 11.5 Å². The van der Waals surface area contributed by atoms with Crippen LogP contribution >= 0.6 is 11.6 Å². The second-order valence-corrected chi connectivity index (χ2v) is 5.71. The number of carbonyl (C=O) groups is 1. The Kier molecular flexibility index (Phi) is 5.05. The van der Waals surface area contributed by atoms with Crippen molar-refractivity contribution < 1.29 is 22.4 Å². The van der Waals surface area contributed by atoms with Crippen LogP contribution in [0.5, 0.6) is 0 Å². The number of rotatable bonds is 4. The van der Waals surface area contributed by atoms with E-state index in [1.807, 2.05) is 0 Å². The number of alkyl halides is 3. The number of nitrogen functional groups attached to an aromatic ring is 1. The highest BCUT2D eigenvalue weighted by molar-refractivity contribution is 6.34. The number of carbonyl (C=O) groups excluding carboxylic acids is 1. The van der Waals surface area contributed by atoms with E-state index in [9.17, 15) is 18.0 Å². The molecule has 3 aromatic rings. The van der Waals surface area contributed by atoms with Crippen molar-refractivity contribution in [3.05, 3.63) is 40.9 Å². The molecule has 1 aromatic carbocycles. The second-order valence-electron chi connectivity index (χ2n) is 5.30. The zero-order valence-electron chi connectivity index (χ0n) is 14.0. The molecule has 0 unspecified atom stereocenters. The van der Waals surface area contributed by atoms with Crippen LogP contribution in [-0.4, -0.2) is 33.1 Å². The molecule has 0 bridgehead atoms. The lowest BCUT2D eigenvalue weighted by Gasteiger charge is -2.09. The lowest BCUT2D eigenvalue weighted by Crippen LogP contribution is -2.18. The van der Waals surface area contributed by atoms with Crippen LogP contribution in [0.2, 0.25) is 5.02 Å². The van der Waals surface area contributed by atoms with Crippen LogP contribution in [0.3, 0.4) is 0 Å². The largest absolute Gasteiger partial charge is 0.470 e. The predicted octanol–water partition coefficient (Wildman–Crippen LogP) is 2.88. The van der Waals surface area contributed by atoms with Crippen molar-refractivity contribution in [2.24, 2.45) is 0 Å². The SMILES string of the molecule is CNC(=O)c1ccc(Nc2ncc(-c3nnc(C(F)(F)F)o3)c(N)n2)cc1Cl. The van der Waals surface area contributed by atoms with Gasteiger partial charge in [-0.25, -0.2) is 4.98 Å². The van der Waals surface area contributed by atoms with Gasteiger partial charge in [0.2, 0.25) is 5.95 Å². The van der Waals surface area contributed by atoms with Gasteiger partial charge < -0.3 is 20.8 Å². The minimum Gasteiger partial charge on any atom is -0.412 e. The van der Waals surface area contributed by atoms with E-state index < -0.39 is 18.0 Å². The fourth-order valence-electron chi connectivity index (χ4n) is 2.11. The first-order chi connectivity index (χ1) is 13.2. The summed E-state index contributed by atoms with van der Waals surface area (Å²) < 4.78 is 42.2. The Bertz CT molecular complexity index is 1040. The Morgan fingerprint density at radius 2 is 2.04 bits per heavy atom. The first-order valence-corrected chi connectivity index (χ1v) is 7.89. The maximum atomic E-state index is 12.6. The van der Waals surface area contributed by atoms with Crippen molar-refractivity contribution in [2.45, 2.75) is 6.18 Å². The molecule has 0 fully saturated rings. The molecule has 4 N–H and O–H groups in total. The maximum absolute atomic E-state index is 12.6. The molecule has 0 aliphatic rings. The number of hydrogen-bond acceptors (Lipinski definition) is 8. The van der Waals surface area contributed by atoms with Gasteiger partial charge in [-0.05, 0) is 18.2 Å². The van der Waals surface area contributed by atoms with Crippen LogP contribution in [-0.2, 0) is 6.18 Å². The summed E-state index contributed by atoms with van der Waals surface area (Å²) in [5.41, 5.74) is 6.44. The summed E-state index contributed by atoms with van der Waals surface area (Å²) >= 11 is 6.06. The first-order valence-electron chi connectivity index (χ1n) is 7.51. The first kappa shape index (κ1) is 19.4. The van der Waals surface area contributed by atoms with Crippen LogP contribution in [0.4, 0.5) is 30.6 Å². The van der Waals surface area contributed by atoms with E-state index in [2.05, 4.69) is 35.2 Å². The molecule has 3 rings (SSSR count). The van der Waals surface area contributed by atoms with Crippen molar-refractivity contribution in [1.82, 2.24) is 25.5 Å². The molecule has 28 heavy (non-hydrogen) atoms. The number of nitrogens with zero attached hydrogens (tertiary/aromatic N) is 4. The van der Waals surface area contributed by atoms with Crippen molar-refractivity contribution in [2.75, 3.05) is 18.1 Å². The van der Waals surface area contributed by atoms with Gasteiger partial charge >= 0.3 is 12.1 Å². The summed E-state index contributed by atoms with van der Waals surface area (Å²) in [6.07, 6.45) is -3.64. The van der Waals surface area contributed by atoms with E-state index >= 15 is 0 Å². The normalized spacial score (nSPS) is 11.3. The molecule has 0 saturated heterocycles. The molecule has 0 aliphatic heterocycles. The minimum absolute atomic E-state index is 0.0422. The highest BCUT2D eigenvalue weighted by Crippen LogP contribution is 2.32. The second kappa shape index (κ2) is 7.31. The molecule has 0 atom stereocenters. The molecule has 146 valence electrons. The van der Waals surface area contributed by atoms with Gasteiger partial charge in [0.15, 0.2) is 0 Å². The summed E-state index contributed by atoms with van der Waals surface area (Å²) in [5, 5.41) is 11.7. The van der Waals surface area contributed by atoms with Gasteiger partial charge in [0.1, 0.15) is 5.82 Å². The van der Waals surface area contributed by atoms with Gasteiger partial charge in [0.05, 0.1) is 16.1 Å². The molecular formula is C15H11ClF3N7O2. The number of benzene rings is 1. The van der Waals surface area contributed by atoms with Crippen LogP contribution < -0.4 is 16.4 Å². The van der Waals surface area contributed by atoms with E-state index in [1.165, 1.54) is 19.2 Å². The van der Waals surface area contributed by atoms with Gasteiger partial charge in [-0.15, -0.1) is 10.2 Å². The summed E-state index contributed by atoms with van der Waals surface area (Å²) in [4.78, 5) is 19.5. The predicted molar refractivity (Wildman–Crippen MR) is 92.9 cm³/mol. The van der Waals surface area contributed by atoms with E-state index in [0.717, 1.165) is 6.20 Å². The third kappa shape index (κ3) is 3.96. The van der Waals surface area contributed by atoms with Crippen molar-refractivity contribution in [3.63, 3.8) is 0 Å². The lowest BCUT2D eigenvalue weighted by atomic mass is 10.2. The maximum Gasteiger partial charge on any atom is 0.470 e. The summed E-state index contributed by atoms with van der Waals surface area (Å²) in [5.74, 6) is -2.45. The smallest absolute Gasteiger partial charge is 0.412 e. The van der Waals surface area contributed by atoms with Crippen molar-refractivity contribution >= 4 is 35.0 Å². The fraction of sp³-hybridized carbons (Fsp3) is 0.133. The molecule has 0 spiro atoms. The molecule has 0 saturated carbocycles. The highest BCUT2D eigenvalue weighted by atomic mass is 35.5. The van der Waals surface area contributed by atoms with E-state index in [0.29, 0.717) is 5.69 Å². The molecule has 2 aromatic heterocycles. The Labute approximate surface area is 160 Å². The summed E-state index contributed by atoms with van der Waals surface area (Å²) in [6.45, 7) is 0. The third-order valence-corrected chi connectivity index (χ3v) is 3.73. The molecular weight excluding hydrogens is 403 g/mol. The fourth-order valence-corrected chi connectivity index (χ4v) is 2.37. The van der Waals surface area contributed by atoms with E-state index in [4.69, 9.17) is 17.3 Å². The van der Waals surface area contributed by atoms with Crippen LogP contribution in [0.25, 0.3) is 11.5 Å². The van der Waals surface area contributed by atoms with Crippen LogP contribution in [0, 0.1) is 0 Å². The molecule has 9 nitrogen and oxygen atoms in total. The van der Waals surface area contributed by atoms with Gasteiger partial charge in [0.25, 0.3) is 11.8 Å². The van der Waals surface area contributed by atoms with Gasteiger partial charge in [-0.3, -0.25) is 4.79 Å². The van der Waals surface area contributed by atoms with Gasteiger partial charge in [-0.2, -0.15) is 18.2 Å². The molecule has 0 aliphatic carbocycles. The number of amides is 1. The monoisotopic (exact) mass is 413 g/mol. The zero-order chi connectivity index (χ0) is 20.5. The topological polar surface area (TPSA) is 132 Å². The quantitative estimate of drug-likeness (QED) is 0.594. The Morgan fingerprint density at radius 3 is 2.61 bits per heavy atom. The van der Waals surface area contributed by atoms with Crippen LogP contribution in [0.1, 0.15) is 16.2 Å². The molecule has 2 heterocycles. The number of aromatic nitrogens is 4. The van der Waals surface area contributed by atoms with Gasteiger partial charge in [0, 0.05) is 18.9 Å². The number of hydrogen-bond donors (Lipinski definition) is 3. The number of halogens is 4. The van der Waals surface area contributed by atoms with Crippen LogP contribution in [0.15, 0.2) is 28.8 Å². The lowest BCUT2D eigenvalue weighted by molar-refractivity contribution is -0.156. The van der Waals surface area contributed by atoms with Crippen molar-refractivity contribution in [1.29, 1.82) is 0 Å². The molecule has 1 amide bonds. The zero-order valence-corrected chi connectivity index (χ0v) is 14.8. The van der Waals surface area contributed by atoms with E-state index in [-0.39, 0.29) is 33.8 Å². The highest BCUT2D eigenvalue weighted by Gasteiger charge is 2.38. The Hall–Kier alpha value is -3.41. The molecule has 13 heteroatoms. The average Bonchev–Trinajstić information content (AvgIpc) is 3.11. The Morgan fingerprint density at radius 1 is 1.29 bits per heavy atom. The minimum atomic E-state index is -4.78.